The second-order valence-corrected chi connectivity index (χ2v) is 5.36. The van der Waals surface area contributed by atoms with Crippen LogP contribution < -0.4 is 4.74 Å². The summed E-state index contributed by atoms with van der Waals surface area (Å²) in [6.07, 6.45) is 0. The van der Waals surface area contributed by atoms with E-state index in [1.54, 1.807) is 16.8 Å². The van der Waals surface area contributed by atoms with Gasteiger partial charge in [-0.15, -0.1) is 0 Å². The summed E-state index contributed by atoms with van der Waals surface area (Å²) < 4.78 is 8.24. The summed E-state index contributed by atoms with van der Waals surface area (Å²) in [4.78, 5) is 11.2. The van der Waals surface area contributed by atoms with Crippen LogP contribution in [0.25, 0.3) is 0 Å². The Bertz CT molecular complexity index is 665. The number of hydrogen-bond acceptors (Lipinski definition) is 3. The van der Waals surface area contributed by atoms with E-state index in [2.05, 4.69) is 21.0 Å². The van der Waals surface area contributed by atoms with Gasteiger partial charge in [-0.2, -0.15) is 5.10 Å². The van der Waals surface area contributed by atoms with Gasteiger partial charge in [0.2, 0.25) is 0 Å². The van der Waals surface area contributed by atoms with E-state index in [0.29, 0.717) is 5.75 Å². The van der Waals surface area contributed by atoms with E-state index < -0.39 is 5.97 Å². The zero-order valence-corrected chi connectivity index (χ0v) is 13.1. The van der Waals surface area contributed by atoms with Crippen LogP contribution in [0, 0.1) is 13.8 Å². The van der Waals surface area contributed by atoms with Crippen molar-refractivity contribution in [1.29, 1.82) is 0 Å². The van der Waals surface area contributed by atoms with Crippen molar-refractivity contribution >= 4 is 21.9 Å². The number of aryl methyl sites for hydroxylation is 3. The van der Waals surface area contributed by atoms with E-state index in [1.807, 2.05) is 27.0 Å². The van der Waals surface area contributed by atoms with Crippen LogP contribution in [-0.4, -0.2) is 20.9 Å². The Labute approximate surface area is 125 Å². The average Bonchev–Trinajstić information content (AvgIpc) is 2.62. The molecule has 2 rings (SSSR count). The molecule has 0 aliphatic heterocycles. The molecular formula is C14H15BrN2O3. The topological polar surface area (TPSA) is 64.4 Å². The van der Waals surface area contributed by atoms with Crippen LogP contribution in [0.5, 0.6) is 5.75 Å². The summed E-state index contributed by atoms with van der Waals surface area (Å²) in [5, 5.41) is 13.5. The normalized spacial score (nSPS) is 10.6. The van der Waals surface area contributed by atoms with Crippen molar-refractivity contribution in [3.05, 3.63) is 45.2 Å². The molecule has 6 heteroatoms. The zero-order chi connectivity index (χ0) is 14.9. The number of aromatic nitrogens is 2. The monoisotopic (exact) mass is 338 g/mol. The largest absolute Gasteiger partial charge is 0.486 e. The van der Waals surface area contributed by atoms with E-state index in [9.17, 15) is 9.90 Å². The predicted octanol–water partition coefficient (Wildman–Crippen LogP) is 3.08. The minimum Gasteiger partial charge on any atom is -0.486 e. The number of carboxylic acids is 1. The molecule has 1 N–H and O–H groups in total. The number of rotatable bonds is 4. The van der Waals surface area contributed by atoms with Crippen molar-refractivity contribution in [3.8, 4) is 5.75 Å². The third-order valence-corrected chi connectivity index (χ3v) is 4.02. The van der Waals surface area contributed by atoms with E-state index in [4.69, 9.17) is 4.74 Å². The van der Waals surface area contributed by atoms with Gasteiger partial charge in [0.1, 0.15) is 17.9 Å². The molecule has 0 spiro atoms. The second-order valence-electron chi connectivity index (χ2n) is 4.56. The number of carboxylic acid groups (broad SMARTS) is 1. The second kappa shape index (κ2) is 5.66. The maximum atomic E-state index is 11.2. The van der Waals surface area contributed by atoms with Gasteiger partial charge in [0.25, 0.3) is 0 Å². The molecule has 0 saturated carbocycles. The smallest absolute Gasteiger partial charge is 0.339 e. The molecule has 0 aliphatic rings. The quantitative estimate of drug-likeness (QED) is 0.930. The Morgan fingerprint density at radius 3 is 2.70 bits per heavy atom. The molecule has 1 aromatic heterocycles. The number of benzene rings is 1. The zero-order valence-electron chi connectivity index (χ0n) is 11.5. The lowest BCUT2D eigenvalue weighted by Crippen LogP contribution is -2.07. The molecule has 5 nitrogen and oxygen atoms in total. The van der Waals surface area contributed by atoms with Gasteiger partial charge in [0, 0.05) is 7.05 Å². The average molecular weight is 339 g/mol. The Hall–Kier alpha value is -1.82. The maximum Gasteiger partial charge on any atom is 0.339 e. The molecule has 0 bridgehead atoms. The molecule has 2 aromatic rings. The molecule has 20 heavy (non-hydrogen) atoms. The summed E-state index contributed by atoms with van der Waals surface area (Å²) in [5.74, 6) is -0.641. The molecule has 0 fully saturated rings. The summed E-state index contributed by atoms with van der Waals surface area (Å²) in [5.41, 5.74) is 2.78. The predicted molar refractivity (Wildman–Crippen MR) is 78.1 cm³/mol. The first-order valence-corrected chi connectivity index (χ1v) is 6.84. The fourth-order valence-corrected chi connectivity index (χ4v) is 2.37. The van der Waals surface area contributed by atoms with Crippen LogP contribution in [0.15, 0.2) is 22.7 Å². The van der Waals surface area contributed by atoms with Gasteiger partial charge in [0.15, 0.2) is 0 Å². The highest BCUT2D eigenvalue weighted by Crippen LogP contribution is 2.24. The number of hydrogen-bond donors (Lipinski definition) is 1. The summed E-state index contributed by atoms with van der Waals surface area (Å²) in [6, 6.07) is 5.10. The molecule has 0 radical (unpaired) electrons. The van der Waals surface area contributed by atoms with E-state index in [-0.39, 0.29) is 12.2 Å². The highest BCUT2D eigenvalue weighted by atomic mass is 79.9. The minimum absolute atomic E-state index is 0.167. The van der Waals surface area contributed by atoms with Crippen molar-refractivity contribution in [2.24, 2.45) is 7.05 Å². The molecule has 0 saturated heterocycles. The first-order valence-electron chi connectivity index (χ1n) is 6.05. The molecular weight excluding hydrogens is 324 g/mol. The van der Waals surface area contributed by atoms with E-state index in [1.165, 1.54) is 0 Å². The molecule has 1 heterocycles. The van der Waals surface area contributed by atoms with Crippen LogP contribution in [-0.2, 0) is 13.7 Å². The number of ether oxygens (including phenoxy) is 1. The fourth-order valence-electron chi connectivity index (χ4n) is 1.92. The Morgan fingerprint density at radius 1 is 1.45 bits per heavy atom. The minimum atomic E-state index is -0.996. The lowest BCUT2D eigenvalue weighted by atomic mass is 10.1. The molecule has 0 atom stereocenters. The number of halogens is 1. The molecule has 0 amide bonds. The number of nitrogens with zero attached hydrogens (tertiary/aromatic N) is 2. The lowest BCUT2D eigenvalue weighted by Gasteiger charge is -2.10. The molecule has 1 aromatic carbocycles. The van der Waals surface area contributed by atoms with Gasteiger partial charge in [-0.05, 0) is 41.9 Å². The Morgan fingerprint density at radius 2 is 2.15 bits per heavy atom. The van der Waals surface area contributed by atoms with Crippen LogP contribution in [0.4, 0.5) is 0 Å². The van der Waals surface area contributed by atoms with Gasteiger partial charge in [0.05, 0.1) is 15.9 Å². The number of aromatic carboxylic acids is 1. The Balaban J connectivity index is 2.25. The van der Waals surface area contributed by atoms with E-state index >= 15 is 0 Å². The van der Waals surface area contributed by atoms with Crippen LogP contribution in [0.1, 0.15) is 27.3 Å². The van der Waals surface area contributed by atoms with E-state index in [0.717, 1.165) is 21.4 Å². The summed E-state index contributed by atoms with van der Waals surface area (Å²) >= 11 is 3.45. The van der Waals surface area contributed by atoms with Gasteiger partial charge < -0.3 is 9.84 Å². The van der Waals surface area contributed by atoms with Crippen molar-refractivity contribution in [2.45, 2.75) is 20.5 Å². The standard InChI is InChI=1S/C14H15BrN2O3/c1-8-4-5-12(10(6-8)14(18)19)20-7-11-13(15)9(2)16-17(11)3/h4-6H,7H2,1-3H3,(H,18,19). The Kier molecular flexibility index (Phi) is 4.13. The first kappa shape index (κ1) is 14.6. The van der Waals surface area contributed by atoms with Crippen molar-refractivity contribution < 1.29 is 14.6 Å². The fraction of sp³-hybridized carbons (Fsp3) is 0.286. The molecule has 0 unspecified atom stereocenters. The lowest BCUT2D eigenvalue weighted by molar-refractivity contribution is 0.0691. The van der Waals surface area contributed by atoms with Gasteiger partial charge in [-0.25, -0.2) is 4.79 Å². The van der Waals surface area contributed by atoms with Gasteiger partial charge >= 0.3 is 5.97 Å². The van der Waals surface area contributed by atoms with Crippen LogP contribution in [0.2, 0.25) is 0 Å². The highest BCUT2D eigenvalue weighted by Gasteiger charge is 2.15. The third kappa shape index (κ3) is 2.85. The number of carbonyl (C=O) groups is 1. The first-order chi connectivity index (χ1) is 9.40. The molecule has 0 aliphatic carbocycles. The van der Waals surface area contributed by atoms with Gasteiger partial charge in [-0.3, -0.25) is 4.68 Å². The molecule has 106 valence electrons. The highest BCUT2D eigenvalue weighted by molar-refractivity contribution is 9.10. The van der Waals surface area contributed by atoms with Crippen LogP contribution in [0.3, 0.4) is 0 Å². The van der Waals surface area contributed by atoms with Gasteiger partial charge in [-0.1, -0.05) is 11.6 Å². The van der Waals surface area contributed by atoms with Crippen molar-refractivity contribution in [3.63, 3.8) is 0 Å². The van der Waals surface area contributed by atoms with Crippen molar-refractivity contribution in [1.82, 2.24) is 9.78 Å². The summed E-state index contributed by atoms with van der Waals surface area (Å²) in [7, 11) is 1.82. The SMILES string of the molecule is Cc1ccc(OCc2c(Br)c(C)nn2C)c(C(=O)O)c1. The summed E-state index contributed by atoms with van der Waals surface area (Å²) in [6.45, 7) is 3.99. The van der Waals surface area contributed by atoms with Crippen molar-refractivity contribution in [2.75, 3.05) is 0 Å². The third-order valence-electron chi connectivity index (χ3n) is 2.99. The van der Waals surface area contributed by atoms with Crippen LogP contribution >= 0.6 is 15.9 Å². The maximum absolute atomic E-state index is 11.2.